The van der Waals surface area contributed by atoms with Crippen molar-refractivity contribution in [3.63, 3.8) is 0 Å². The molecule has 4 aliphatic heterocycles. The van der Waals surface area contributed by atoms with Crippen LogP contribution in [0.1, 0.15) is 68.5 Å². The summed E-state index contributed by atoms with van der Waals surface area (Å²) in [7, 11) is 0. The van der Waals surface area contributed by atoms with Crippen LogP contribution in [0.2, 0.25) is 0 Å². The van der Waals surface area contributed by atoms with E-state index in [0.717, 1.165) is 91.1 Å². The number of carbonyl (C=O) groups excluding carboxylic acids is 4. The monoisotopic (exact) mass is 822 g/mol. The fraction of sp³-hybridized carbons (Fsp3) is 0.422. The van der Waals surface area contributed by atoms with E-state index in [4.69, 9.17) is 10.1 Å². The fourth-order valence-electron chi connectivity index (χ4n) is 9.23. The highest BCUT2D eigenvalue weighted by Gasteiger charge is 2.29. The molecule has 9 rings (SSSR count). The molecule has 4 saturated heterocycles. The number of fused-ring (bicyclic) bond motifs is 1. The highest BCUT2D eigenvalue weighted by Crippen LogP contribution is 2.34. The minimum atomic E-state index is -0.401. The number of hydrogen-bond donors (Lipinski definition) is 2. The molecule has 1 atom stereocenters. The number of amides is 4. The molecule has 61 heavy (non-hydrogen) atoms. The number of piperidine rings is 3. The molecule has 0 aliphatic carbocycles. The van der Waals surface area contributed by atoms with E-state index in [1.807, 2.05) is 57.3 Å². The lowest BCUT2D eigenvalue weighted by Gasteiger charge is -2.36. The third kappa shape index (κ3) is 8.56. The number of anilines is 2. The van der Waals surface area contributed by atoms with E-state index in [1.54, 1.807) is 17.6 Å². The molecule has 0 spiro atoms. The highest BCUT2D eigenvalue weighted by atomic mass is 16.2. The number of hydrogen-bond acceptors (Lipinski definition) is 11. The third-order valence-corrected chi connectivity index (χ3v) is 12.9. The molecule has 0 saturated carbocycles. The molecule has 1 aromatic carbocycles. The zero-order valence-electron chi connectivity index (χ0n) is 34.4. The molecular formula is C45H50N12O4. The average Bonchev–Trinajstić information content (AvgIpc) is 3.96. The average molecular weight is 823 g/mol. The summed E-state index contributed by atoms with van der Waals surface area (Å²) in [5, 5.41) is 24.9. The smallest absolute Gasteiger partial charge is 0.249 e. The zero-order valence-corrected chi connectivity index (χ0v) is 34.4. The number of benzene rings is 1. The van der Waals surface area contributed by atoms with Gasteiger partial charge in [-0.15, -0.1) is 0 Å². The first kappa shape index (κ1) is 39.8. The summed E-state index contributed by atoms with van der Waals surface area (Å²) >= 11 is 0. The molecule has 16 nitrogen and oxygen atoms in total. The van der Waals surface area contributed by atoms with E-state index in [2.05, 4.69) is 56.0 Å². The summed E-state index contributed by atoms with van der Waals surface area (Å²) in [5.41, 5.74) is 6.91. The van der Waals surface area contributed by atoms with Crippen molar-refractivity contribution in [3.8, 4) is 28.3 Å². The van der Waals surface area contributed by atoms with Gasteiger partial charge in [-0.3, -0.25) is 34.1 Å². The van der Waals surface area contributed by atoms with Crippen molar-refractivity contribution in [2.24, 2.45) is 0 Å². The van der Waals surface area contributed by atoms with Crippen molar-refractivity contribution < 1.29 is 19.2 Å². The van der Waals surface area contributed by atoms with Gasteiger partial charge < -0.3 is 20.0 Å². The summed E-state index contributed by atoms with van der Waals surface area (Å²) in [5.74, 6) is 1.05. The Morgan fingerprint density at radius 3 is 2.28 bits per heavy atom. The lowest BCUT2D eigenvalue weighted by molar-refractivity contribution is -0.135. The zero-order chi connectivity index (χ0) is 42.0. The summed E-state index contributed by atoms with van der Waals surface area (Å²) in [6, 6.07) is 16.4. The maximum Gasteiger partial charge on any atom is 0.249 e. The maximum atomic E-state index is 13.5. The van der Waals surface area contributed by atoms with Crippen LogP contribution in [0.5, 0.6) is 0 Å². The van der Waals surface area contributed by atoms with E-state index in [9.17, 15) is 24.4 Å². The molecule has 4 aromatic heterocycles. The van der Waals surface area contributed by atoms with Gasteiger partial charge in [-0.1, -0.05) is 12.1 Å². The predicted octanol–water partition coefficient (Wildman–Crippen LogP) is 4.06. The number of nitrogens with one attached hydrogen (secondary N) is 2. The van der Waals surface area contributed by atoms with Gasteiger partial charge in [-0.2, -0.15) is 15.5 Å². The minimum absolute atomic E-state index is 0.0919. The Bertz CT molecular complexity index is 2460. The number of imide groups is 1. The number of rotatable bonds is 9. The Hall–Kier alpha value is -6.60. The van der Waals surface area contributed by atoms with E-state index in [1.165, 1.54) is 5.56 Å². The fourth-order valence-corrected chi connectivity index (χ4v) is 9.23. The first-order valence-electron chi connectivity index (χ1n) is 21.3. The van der Waals surface area contributed by atoms with Crippen molar-refractivity contribution in [1.82, 2.24) is 44.4 Å². The van der Waals surface area contributed by atoms with Crippen molar-refractivity contribution in [2.45, 2.75) is 63.5 Å². The van der Waals surface area contributed by atoms with Gasteiger partial charge in [0.15, 0.2) is 0 Å². The summed E-state index contributed by atoms with van der Waals surface area (Å²) in [4.78, 5) is 62.0. The molecule has 4 fully saturated rings. The first-order valence-corrected chi connectivity index (χ1v) is 21.3. The molecule has 2 N–H and O–H groups in total. The second kappa shape index (κ2) is 17.2. The van der Waals surface area contributed by atoms with Crippen LogP contribution in [-0.4, -0.2) is 128 Å². The van der Waals surface area contributed by atoms with Crippen LogP contribution in [0, 0.1) is 11.3 Å². The molecule has 314 valence electrons. The number of pyridine rings is 2. The highest BCUT2D eigenvalue weighted by molar-refractivity contribution is 6.01. The Labute approximate surface area is 354 Å². The van der Waals surface area contributed by atoms with Crippen molar-refractivity contribution in [3.05, 3.63) is 84.6 Å². The number of carbonyl (C=O) groups is 4. The maximum absolute atomic E-state index is 13.5. The van der Waals surface area contributed by atoms with Gasteiger partial charge in [0.05, 0.1) is 36.1 Å². The van der Waals surface area contributed by atoms with Crippen LogP contribution in [0.15, 0.2) is 73.4 Å². The molecule has 5 aromatic rings. The van der Waals surface area contributed by atoms with Gasteiger partial charge in [0, 0.05) is 99.1 Å². The van der Waals surface area contributed by atoms with Gasteiger partial charge >= 0.3 is 0 Å². The van der Waals surface area contributed by atoms with Gasteiger partial charge in [-0.05, 0) is 87.0 Å². The molecular weight excluding hydrogens is 773 g/mol. The number of piperazine rings is 1. The van der Waals surface area contributed by atoms with Crippen LogP contribution in [0.25, 0.3) is 27.8 Å². The Kier molecular flexibility index (Phi) is 11.2. The van der Waals surface area contributed by atoms with Crippen LogP contribution in [0.3, 0.4) is 0 Å². The van der Waals surface area contributed by atoms with Crippen LogP contribution in [-0.2, 0) is 19.2 Å². The Morgan fingerprint density at radius 2 is 1.59 bits per heavy atom. The summed E-state index contributed by atoms with van der Waals surface area (Å²) in [6.07, 6.45) is 13.7. The second-order valence-corrected chi connectivity index (χ2v) is 16.6. The van der Waals surface area contributed by atoms with Crippen LogP contribution >= 0.6 is 0 Å². The number of nitriles is 1. The quantitative estimate of drug-likeness (QED) is 0.205. The van der Waals surface area contributed by atoms with E-state index in [-0.39, 0.29) is 29.7 Å². The number of aromatic nitrogens is 5. The van der Waals surface area contributed by atoms with Gasteiger partial charge in [0.2, 0.25) is 23.6 Å². The first-order chi connectivity index (χ1) is 29.7. The van der Waals surface area contributed by atoms with Crippen LogP contribution in [0.4, 0.5) is 11.5 Å². The Balaban J connectivity index is 0.782. The third-order valence-electron chi connectivity index (χ3n) is 12.9. The van der Waals surface area contributed by atoms with E-state index >= 15 is 0 Å². The van der Waals surface area contributed by atoms with Crippen molar-refractivity contribution >= 4 is 40.7 Å². The SMILES string of the molecule is CC(=O)N1CCN(c2ccc(-c3cc(-c4cnn(C5CCN(C(=O)CN6CCC(c7ccc(NC8CCC(=O)NC8=O)cc7)CC6)CC5)c4)cn4ncc(C#N)c34)cn2)CC1. The number of nitrogens with zero attached hydrogens (tertiary/aromatic N) is 10. The van der Waals surface area contributed by atoms with Gasteiger partial charge in [0.25, 0.3) is 0 Å². The Morgan fingerprint density at radius 1 is 0.820 bits per heavy atom. The van der Waals surface area contributed by atoms with Crippen molar-refractivity contribution in [1.29, 1.82) is 5.26 Å². The largest absolute Gasteiger partial charge is 0.374 e. The molecule has 4 amide bonds. The standard InChI is InChI=1S/C45H50N12O4/c1-30(58)53-18-20-54(21-19-53)41-8-4-33(24-47-41)39-22-34(27-57-44(39)35(23-46)25-49-57)36-26-48-56(28-36)38-12-16-55(17-13-38)43(60)29-52-14-10-32(11-15-52)31-2-5-37(6-3-31)50-40-7-9-42(59)51-45(40)61/h2-6,8,22,24-28,32,38,40,50H,7,9-21,29H2,1H3,(H,51,59,61). The predicted molar refractivity (Wildman–Crippen MR) is 228 cm³/mol. The van der Waals surface area contributed by atoms with Crippen molar-refractivity contribution in [2.75, 3.05) is 69.1 Å². The minimum Gasteiger partial charge on any atom is -0.374 e. The second-order valence-electron chi connectivity index (χ2n) is 16.6. The molecule has 0 radical (unpaired) electrons. The lowest BCUT2D eigenvalue weighted by atomic mass is 9.89. The number of likely N-dealkylation sites (tertiary alicyclic amines) is 2. The molecule has 1 unspecified atom stereocenters. The van der Waals surface area contributed by atoms with Crippen LogP contribution < -0.4 is 15.5 Å². The molecule has 4 aliphatic rings. The molecule has 16 heteroatoms. The summed E-state index contributed by atoms with van der Waals surface area (Å²) in [6.45, 7) is 7.92. The molecule has 8 heterocycles. The van der Waals surface area contributed by atoms with Gasteiger partial charge in [-0.25, -0.2) is 9.50 Å². The lowest BCUT2D eigenvalue weighted by Crippen LogP contribution is -2.48. The normalized spacial score (nSPS) is 19.5. The van der Waals surface area contributed by atoms with Gasteiger partial charge in [0.1, 0.15) is 17.9 Å². The van der Waals surface area contributed by atoms with E-state index < -0.39 is 6.04 Å². The summed E-state index contributed by atoms with van der Waals surface area (Å²) < 4.78 is 3.78. The topological polar surface area (TPSA) is 177 Å². The van der Waals surface area contributed by atoms with E-state index in [0.29, 0.717) is 57.0 Å². The molecule has 0 bridgehead atoms.